The number of nitrogens with one attached hydrogen (secondary N) is 2. The molecule has 0 aliphatic carbocycles. The zero-order valence-electron chi connectivity index (χ0n) is 22.7. The molecule has 0 spiro atoms. The van der Waals surface area contributed by atoms with Gasteiger partial charge in [0.2, 0.25) is 0 Å². The number of hydrogen-bond donors (Lipinski definition) is 2. The molecule has 220 valence electrons. The summed E-state index contributed by atoms with van der Waals surface area (Å²) in [5.74, 6) is -1.18. The van der Waals surface area contributed by atoms with Gasteiger partial charge in [0.05, 0.1) is 23.4 Å². The van der Waals surface area contributed by atoms with E-state index in [1.54, 1.807) is 29.2 Å². The normalized spacial score (nSPS) is 17.6. The minimum atomic E-state index is -4.18. The Labute approximate surface area is 238 Å². The second kappa shape index (κ2) is 14.5. The summed E-state index contributed by atoms with van der Waals surface area (Å²) in [5.41, 5.74) is 1.82. The molecule has 2 aliphatic rings. The van der Waals surface area contributed by atoms with Gasteiger partial charge in [0.25, 0.3) is 5.91 Å². The van der Waals surface area contributed by atoms with Crippen LogP contribution in [-0.4, -0.2) is 80.8 Å². The third kappa shape index (κ3) is 9.33. The van der Waals surface area contributed by atoms with Crippen LogP contribution in [-0.2, 0) is 6.54 Å². The first-order valence-corrected chi connectivity index (χ1v) is 14.4. The van der Waals surface area contributed by atoms with Gasteiger partial charge < -0.3 is 20.4 Å². The van der Waals surface area contributed by atoms with E-state index in [0.29, 0.717) is 49.1 Å². The number of nitrogens with zero attached hydrogens (tertiary/aromatic N) is 3. The molecule has 0 radical (unpaired) electrons. The number of halogens is 5. The zero-order valence-corrected chi connectivity index (χ0v) is 23.5. The number of piperazine rings is 1. The van der Waals surface area contributed by atoms with E-state index in [9.17, 15) is 22.4 Å². The highest BCUT2D eigenvalue weighted by Crippen LogP contribution is 2.31. The molecule has 1 amide bonds. The van der Waals surface area contributed by atoms with Crippen LogP contribution >= 0.6 is 11.6 Å². The molecule has 2 saturated heterocycles. The molecule has 0 bridgehead atoms. The van der Waals surface area contributed by atoms with E-state index in [1.165, 1.54) is 37.8 Å². The number of amides is 1. The lowest BCUT2D eigenvalue weighted by atomic mass is 10.1. The van der Waals surface area contributed by atoms with Crippen LogP contribution in [0.15, 0.2) is 36.4 Å². The monoisotopic (exact) mass is 583 g/mol. The fraction of sp³-hybridized carbons (Fsp3) is 0.552. The van der Waals surface area contributed by atoms with E-state index < -0.39 is 24.3 Å². The zero-order chi connectivity index (χ0) is 28.5. The Balaban J connectivity index is 1.31. The highest BCUT2D eigenvalue weighted by Gasteiger charge is 2.29. The van der Waals surface area contributed by atoms with E-state index in [-0.39, 0.29) is 12.1 Å². The van der Waals surface area contributed by atoms with Crippen LogP contribution in [0.2, 0.25) is 5.02 Å². The Kier molecular flexibility index (Phi) is 11.1. The topological polar surface area (TPSA) is 50.9 Å². The molecule has 0 atom stereocenters. The van der Waals surface area contributed by atoms with Crippen LogP contribution < -0.4 is 15.5 Å². The number of alkyl halides is 3. The van der Waals surface area contributed by atoms with Crippen molar-refractivity contribution in [2.24, 2.45) is 0 Å². The maximum atomic E-state index is 15.0. The fourth-order valence-corrected chi connectivity index (χ4v) is 5.41. The van der Waals surface area contributed by atoms with Crippen molar-refractivity contribution in [3.63, 3.8) is 0 Å². The summed E-state index contributed by atoms with van der Waals surface area (Å²) in [6.45, 7) is 6.40. The second-order valence-corrected chi connectivity index (χ2v) is 11.0. The molecule has 11 heteroatoms. The highest BCUT2D eigenvalue weighted by molar-refractivity contribution is 6.31. The number of anilines is 2. The SMILES string of the molecule is O=C(Nc1ccc(Cl)cc1N1CCN(CCC(F)(F)F)CC1)c1ccc(CNCCN2CCCCCC2)cc1F. The Morgan fingerprint density at radius 1 is 0.875 bits per heavy atom. The number of rotatable bonds is 10. The number of benzene rings is 2. The molecule has 0 aromatic heterocycles. The van der Waals surface area contributed by atoms with Crippen LogP contribution in [0.3, 0.4) is 0 Å². The van der Waals surface area contributed by atoms with Crippen molar-refractivity contribution in [1.29, 1.82) is 0 Å². The number of carbonyl (C=O) groups is 1. The molecule has 40 heavy (non-hydrogen) atoms. The molecule has 2 N–H and O–H groups in total. The number of carbonyl (C=O) groups excluding carboxylic acids is 1. The maximum absolute atomic E-state index is 15.0. The average Bonchev–Trinajstić information content (AvgIpc) is 3.20. The lowest BCUT2D eigenvalue weighted by molar-refractivity contribution is -0.138. The molecule has 2 heterocycles. The Hall–Kier alpha value is -2.40. The van der Waals surface area contributed by atoms with Crippen molar-refractivity contribution >= 4 is 28.9 Å². The van der Waals surface area contributed by atoms with Crippen LogP contribution in [0.5, 0.6) is 0 Å². The molecule has 4 rings (SSSR count). The van der Waals surface area contributed by atoms with Crippen molar-refractivity contribution in [3.8, 4) is 0 Å². The van der Waals surface area contributed by atoms with E-state index >= 15 is 0 Å². The van der Waals surface area contributed by atoms with Gasteiger partial charge in [0.1, 0.15) is 5.82 Å². The van der Waals surface area contributed by atoms with Crippen LogP contribution in [0.4, 0.5) is 28.9 Å². The van der Waals surface area contributed by atoms with Crippen molar-refractivity contribution in [3.05, 3.63) is 58.4 Å². The predicted octanol–water partition coefficient (Wildman–Crippen LogP) is 5.77. The minimum Gasteiger partial charge on any atom is -0.367 e. The first-order chi connectivity index (χ1) is 19.2. The lowest BCUT2D eigenvalue weighted by Gasteiger charge is -2.37. The Morgan fingerprint density at radius 2 is 1.57 bits per heavy atom. The van der Waals surface area contributed by atoms with Crippen molar-refractivity contribution in [2.45, 2.75) is 44.8 Å². The predicted molar refractivity (Wildman–Crippen MR) is 152 cm³/mol. The fourth-order valence-electron chi connectivity index (χ4n) is 5.24. The molecule has 2 aromatic rings. The minimum absolute atomic E-state index is 0.0419. The summed E-state index contributed by atoms with van der Waals surface area (Å²) < 4.78 is 52.7. The van der Waals surface area contributed by atoms with Gasteiger partial charge in [-0.25, -0.2) is 4.39 Å². The molecule has 0 unspecified atom stereocenters. The van der Waals surface area contributed by atoms with Gasteiger partial charge in [-0.2, -0.15) is 13.2 Å². The van der Waals surface area contributed by atoms with Gasteiger partial charge in [-0.1, -0.05) is 30.5 Å². The summed E-state index contributed by atoms with van der Waals surface area (Å²) in [7, 11) is 0. The third-order valence-corrected chi connectivity index (χ3v) is 7.78. The Morgan fingerprint density at radius 3 is 2.25 bits per heavy atom. The van der Waals surface area contributed by atoms with Gasteiger partial charge in [0.15, 0.2) is 0 Å². The molecule has 0 saturated carbocycles. The molecule has 2 fully saturated rings. The summed E-state index contributed by atoms with van der Waals surface area (Å²) in [6, 6.07) is 9.63. The van der Waals surface area contributed by atoms with Crippen LogP contribution in [0, 0.1) is 5.82 Å². The third-order valence-electron chi connectivity index (χ3n) is 7.54. The largest absolute Gasteiger partial charge is 0.390 e. The molecular weight excluding hydrogens is 546 g/mol. The Bertz CT molecular complexity index is 1120. The van der Waals surface area contributed by atoms with Gasteiger partial charge in [-0.15, -0.1) is 0 Å². The van der Waals surface area contributed by atoms with Crippen molar-refractivity contribution in [2.75, 3.05) is 69.1 Å². The number of likely N-dealkylation sites (tertiary alicyclic amines) is 1. The second-order valence-electron chi connectivity index (χ2n) is 10.6. The summed E-state index contributed by atoms with van der Waals surface area (Å²) in [5, 5.41) is 6.63. The van der Waals surface area contributed by atoms with E-state index in [0.717, 1.165) is 31.7 Å². The first-order valence-electron chi connectivity index (χ1n) is 14.0. The summed E-state index contributed by atoms with van der Waals surface area (Å²) in [4.78, 5) is 19.2. The standard InChI is InChI=1S/C29H38ClF4N5O/c30-23-6-8-26(27(20-23)39-17-15-38(16-18-39)13-9-29(32,33)34)36-28(40)24-7-5-22(19-25(24)31)21-35-10-14-37-11-3-1-2-4-12-37/h5-8,19-20,35H,1-4,9-18,21H2,(H,36,40). The summed E-state index contributed by atoms with van der Waals surface area (Å²) >= 11 is 6.22. The van der Waals surface area contributed by atoms with E-state index in [2.05, 4.69) is 15.5 Å². The van der Waals surface area contributed by atoms with Crippen LogP contribution in [0.1, 0.15) is 48.0 Å². The van der Waals surface area contributed by atoms with Crippen molar-refractivity contribution in [1.82, 2.24) is 15.1 Å². The maximum Gasteiger partial charge on any atom is 0.390 e. The van der Waals surface area contributed by atoms with Gasteiger partial charge >= 0.3 is 6.18 Å². The van der Waals surface area contributed by atoms with E-state index in [4.69, 9.17) is 11.6 Å². The molecule has 6 nitrogen and oxygen atoms in total. The quantitative estimate of drug-likeness (QED) is 0.275. The molecule has 2 aromatic carbocycles. The first kappa shape index (κ1) is 30.6. The van der Waals surface area contributed by atoms with Crippen LogP contribution in [0.25, 0.3) is 0 Å². The van der Waals surface area contributed by atoms with E-state index in [1.807, 2.05) is 4.90 Å². The summed E-state index contributed by atoms with van der Waals surface area (Å²) in [6.07, 6.45) is 0.0620. The van der Waals surface area contributed by atoms with Gasteiger partial charge in [-0.3, -0.25) is 9.69 Å². The van der Waals surface area contributed by atoms with Crippen molar-refractivity contribution < 1.29 is 22.4 Å². The van der Waals surface area contributed by atoms with Gasteiger partial charge in [-0.05, 0) is 61.8 Å². The number of hydrogen-bond acceptors (Lipinski definition) is 5. The molecular formula is C29H38ClF4N5O. The average molecular weight is 584 g/mol. The molecule has 2 aliphatic heterocycles. The smallest absolute Gasteiger partial charge is 0.367 e. The highest BCUT2D eigenvalue weighted by atomic mass is 35.5. The lowest BCUT2D eigenvalue weighted by Crippen LogP contribution is -2.47. The van der Waals surface area contributed by atoms with Gasteiger partial charge in [0, 0.05) is 57.4 Å².